The number of hydrogen-bond donors (Lipinski definition) is 1. The zero-order chi connectivity index (χ0) is 22.1. The van der Waals surface area contributed by atoms with Crippen molar-refractivity contribution in [1.82, 2.24) is 15.0 Å². The van der Waals surface area contributed by atoms with E-state index in [9.17, 15) is 4.79 Å². The van der Waals surface area contributed by atoms with Crippen LogP contribution >= 0.6 is 34.5 Å². The van der Waals surface area contributed by atoms with E-state index in [1.54, 1.807) is 25.1 Å². The first kappa shape index (κ1) is 22.2. The summed E-state index contributed by atoms with van der Waals surface area (Å²) in [5, 5.41) is 10.1. The molecule has 2 unspecified atom stereocenters. The van der Waals surface area contributed by atoms with Crippen molar-refractivity contribution < 1.29 is 14.1 Å². The molecule has 0 saturated carbocycles. The SMILES string of the molecule is Cc1onc(-c2c(Cl)cccc2Cl)c1C(=O)Nc1nc(CN2CC(C)OC(C)C2)cs1. The Labute approximate surface area is 194 Å². The number of aryl methyl sites for hydroxylation is 1. The van der Waals surface area contributed by atoms with E-state index in [4.69, 9.17) is 32.5 Å². The van der Waals surface area contributed by atoms with Crippen LogP contribution in [0.25, 0.3) is 11.3 Å². The van der Waals surface area contributed by atoms with Crippen molar-refractivity contribution >= 4 is 45.6 Å². The average molecular weight is 481 g/mol. The summed E-state index contributed by atoms with van der Waals surface area (Å²) >= 11 is 14.0. The Morgan fingerprint density at radius 2 is 1.94 bits per heavy atom. The van der Waals surface area contributed by atoms with Crippen molar-refractivity contribution in [1.29, 1.82) is 0 Å². The van der Waals surface area contributed by atoms with Gasteiger partial charge in [-0.05, 0) is 32.9 Å². The second kappa shape index (κ2) is 9.26. The van der Waals surface area contributed by atoms with Gasteiger partial charge in [0, 0.05) is 30.6 Å². The molecule has 1 fully saturated rings. The summed E-state index contributed by atoms with van der Waals surface area (Å²) in [6.07, 6.45) is 0.376. The Morgan fingerprint density at radius 1 is 1.26 bits per heavy atom. The third kappa shape index (κ3) is 4.94. The van der Waals surface area contributed by atoms with Gasteiger partial charge in [-0.25, -0.2) is 4.98 Å². The Hall–Kier alpha value is -1.97. The van der Waals surface area contributed by atoms with E-state index in [0.717, 1.165) is 18.8 Å². The number of carbonyl (C=O) groups is 1. The van der Waals surface area contributed by atoms with Crippen LogP contribution in [-0.4, -0.2) is 46.2 Å². The van der Waals surface area contributed by atoms with Gasteiger partial charge in [0.2, 0.25) is 0 Å². The summed E-state index contributed by atoms with van der Waals surface area (Å²) in [5.74, 6) is -0.00388. The summed E-state index contributed by atoms with van der Waals surface area (Å²) in [7, 11) is 0. The first-order valence-electron chi connectivity index (χ1n) is 9.86. The van der Waals surface area contributed by atoms with Gasteiger partial charge in [-0.3, -0.25) is 15.0 Å². The van der Waals surface area contributed by atoms with Crippen molar-refractivity contribution in [2.75, 3.05) is 18.4 Å². The molecule has 1 aliphatic rings. The fraction of sp³-hybridized carbons (Fsp3) is 0.381. The molecule has 1 saturated heterocycles. The number of carbonyl (C=O) groups excluding carboxylic acids is 1. The minimum atomic E-state index is -0.376. The van der Waals surface area contributed by atoms with Crippen LogP contribution in [0.2, 0.25) is 10.0 Å². The third-order valence-corrected chi connectivity index (χ3v) is 6.38. The smallest absolute Gasteiger partial charge is 0.263 e. The number of amides is 1. The van der Waals surface area contributed by atoms with Gasteiger partial charge in [0.1, 0.15) is 17.0 Å². The van der Waals surface area contributed by atoms with Gasteiger partial charge in [0.25, 0.3) is 5.91 Å². The number of benzene rings is 1. The van der Waals surface area contributed by atoms with E-state index in [2.05, 4.69) is 34.2 Å². The quantitative estimate of drug-likeness (QED) is 0.535. The molecule has 1 aliphatic heterocycles. The molecule has 7 nitrogen and oxygen atoms in total. The minimum absolute atomic E-state index is 0.188. The molecule has 0 bridgehead atoms. The fourth-order valence-electron chi connectivity index (χ4n) is 3.77. The molecule has 1 N–H and O–H groups in total. The molecule has 4 rings (SSSR count). The molecule has 2 atom stereocenters. The topological polar surface area (TPSA) is 80.5 Å². The second-order valence-electron chi connectivity index (χ2n) is 7.61. The Kier molecular flexibility index (Phi) is 6.64. The molecule has 3 heterocycles. The van der Waals surface area contributed by atoms with Gasteiger partial charge in [-0.2, -0.15) is 0 Å². The highest BCUT2D eigenvalue weighted by molar-refractivity contribution is 7.14. The number of morpholine rings is 1. The Balaban J connectivity index is 1.51. The van der Waals surface area contributed by atoms with Gasteiger partial charge in [-0.15, -0.1) is 11.3 Å². The number of anilines is 1. The molecule has 3 aromatic rings. The van der Waals surface area contributed by atoms with E-state index >= 15 is 0 Å². The van der Waals surface area contributed by atoms with E-state index in [-0.39, 0.29) is 23.7 Å². The van der Waals surface area contributed by atoms with Crippen LogP contribution in [-0.2, 0) is 11.3 Å². The van der Waals surface area contributed by atoms with Crippen molar-refractivity contribution in [3.8, 4) is 11.3 Å². The highest BCUT2D eigenvalue weighted by Crippen LogP contribution is 2.37. The predicted molar refractivity (Wildman–Crippen MR) is 122 cm³/mol. The molecular formula is C21H22Cl2N4O3S. The third-order valence-electron chi connectivity index (χ3n) is 4.94. The van der Waals surface area contributed by atoms with Gasteiger partial charge in [0.05, 0.1) is 27.9 Å². The molecule has 1 amide bonds. The summed E-state index contributed by atoms with van der Waals surface area (Å²) in [6.45, 7) is 8.22. The number of thiazole rings is 1. The molecule has 164 valence electrons. The standard InChI is InChI=1S/C21H22Cl2N4O3S/c1-11-7-27(8-12(2)29-11)9-14-10-31-21(24-14)25-20(28)17-13(3)30-26-19(17)18-15(22)5-4-6-16(18)23/h4-6,10-12H,7-9H2,1-3H3,(H,24,25,28). The van der Waals surface area contributed by atoms with Crippen molar-refractivity contribution in [3.63, 3.8) is 0 Å². The molecule has 0 aliphatic carbocycles. The van der Waals surface area contributed by atoms with Crippen LogP contribution in [0, 0.1) is 6.92 Å². The van der Waals surface area contributed by atoms with Crippen LogP contribution in [0.4, 0.5) is 5.13 Å². The van der Waals surface area contributed by atoms with E-state index in [1.165, 1.54) is 11.3 Å². The molecule has 1 aromatic carbocycles. The second-order valence-corrected chi connectivity index (χ2v) is 9.28. The van der Waals surface area contributed by atoms with Crippen molar-refractivity contribution in [3.05, 3.63) is 50.6 Å². The van der Waals surface area contributed by atoms with Gasteiger partial charge >= 0.3 is 0 Å². The predicted octanol–water partition coefficient (Wildman–Crippen LogP) is 5.27. The minimum Gasteiger partial charge on any atom is -0.373 e. The summed E-state index contributed by atoms with van der Waals surface area (Å²) in [5.41, 5.74) is 1.95. The summed E-state index contributed by atoms with van der Waals surface area (Å²) < 4.78 is 11.1. The largest absolute Gasteiger partial charge is 0.373 e. The Morgan fingerprint density at radius 3 is 2.61 bits per heavy atom. The Bertz CT molecular complexity index is 1070. The zero-order valence-electron chi connectivity index (χ0n) is 17.3. The number of hydrogen-bond acceptors (Lipinski definition) is 7. The van der Waals surface area contributed by atoms with Gasteiger partial charge in [0.15, 0.2) is 5.13 Å². The number of nitrogens with one attached hydrogen (secondary N) is 1. The number of ether oxygens (including phenoxy) is 1. The first-order chi connectivity index (χ1) is 14.8. The van der Waals surface area contributed by atoms with E-state index < -0.39 is 0 Å². The maximum Gasteiger partial charge on any atom is 0.263 e. The molecule has 10 heteroatoms. The van der Waals surface area contributed by atoms with Crippen LogP contribution < -0.4 is 5.32 Å². The zero-order valence-corrected chi connectivity index (χ0v) is 19.6. The lowest BCUT2D eigenvalue weighted by molar-refractivity contribution is -0.0707. The summed E-state index contributed by atoms with van der Waals surface area (Å²) in [4.78, 5) is 19.9. The maximum atomic E-state index is 13.0. The maximum absolute atomic E-state index is 13.0. The number of halogens is 2. The van der Waals surface area contributed by atoms with Crippen LogP contribution in [0.15, 0.2) is 28.1 Å². The molecule has 31 heavy (non-hydrogen) atoms. The normalized spacial score (nSPS) is 19.5. The number of nitrogens with zero attached hydrogens (tertiary/aromatic N) is 3. The molecule has 2 aromatic heterocycles. The first-order valence-corrected chi connectivity index (χ1v) is 11.5. The van der Waals surface area contributed by atoms with Crippen LogP contribution in [0.5, 0.6) is 0 Å². The van der Waals surface area contributed by atoms with Crippen molar-refractivity contribution in [2.24, 2.45) is 0 Å². The van der Waals surface area contributed by atoms with Crippen molar-refractivity contribution in [2.45, 2.75) is 39.5 Å². The van der Waals surface area contributed by atoms with E-state index in [0.29, 0.717) is 38.7 Å². The van der Waals surface area contributed by atoms with E-state index in [1.807, 2.05) is 5.38 Å². The number of aromatic nitrogens is 2. The lowest BCUT2D eigenvalue weighted by atomic mass is 10.1. The average Bonchev–Trinajstić information content (AvgIpc) is 3.27. The van der Waals surface area contributed by atoms with Gasteiger partial charge in [-0.1, -0.05) is 34.4 Å². The number of rotatable bonds is 5. The van der Waals surface area contributed by atoms with Crippen LogP contribution in [0.3, 0.4) is 0 Å². The summed E-state index contributed by atoms with van der Waals surface area (Å²) in [6, 6.07) is 5.11. The lowest BCUT2D eigenvalue weighted by Crippen LogP contribution is -2.44. The van der Waals surface area contributed by atoms with Gasteiger partial charge < -0.3 is 9.26 Å². The fourth-order valence-corrected chi connectivity index (χ4v) is 5.05. The van der Waals surface area contributed by atoms with Crippen LogP contribution in [0.1, 0.15) is 35.7 Å². The monoisotopic (exact) mass is 480 g/mol. The molecule has 0 spiro atoms. The molecular weight excluding hydrogens is 459 g/mol. The highest BCUT2D eigenvalue weighted by Gasteiger charge is 2.26. The highest BCUT2D eigenvalue weighted by atomic mass is 35.5. The molecule has 0 radical (unpaired) electrons. The lowest BCUT2D eigenvalue weighted by Gasteiger charge is -2.34.